The molecule has 1 aromatic heterocycles. The van der Waals surface area contributed by atoms with Crippen LogP contribution in [0.2, 0.25) is 0 Å². The van der Waals surface area contributed by atoms with Gasteiger partial charge in [-0.05, 0) is 111 Å². The highest BCUT2D eigenvalue weighted by molar-refractivity contribution is 5.98. The van der Waals surface area contributed by atoms with Crippen LogP contribution in [-0.4, -0.2) is 69.7 Å². The SMILES string of the molecule is CNC(=O)c1ccc(F)c(-c2cccc(C[C@H](NC(=O)C3CCC(CNC(=O)OC(C)(C)C)CC3)C(=O)Nc3ccc(-c4nn[nH]n4)cc3)c2)c1. The van der Waals surface area contributed by atoms with E-state index in [-0.39, 0.29) is 35.6 Å². The number of amides is 4. The third-order valence-electron chi connectivity index (χ3n) is 8.67. The Morgan fingerprint density at radius 3 is 2.37 bits per heavy atom. The maximum Gasteiger partial charge on any atom is 0.407 e. The molecule has 0 aliphatic heterocycles. The van der Waals surface area contributed by atoms with Crippen molar-refractivity contribution in [3.63, 3.8) is 0 Å². The Kier molecular flexibility index (Phi) is 11.7. The Morgan fingerprint density at radius 1 is 0.961 bits per heavy atom. The summed E-state index contributed by atoms with van der Waals surface area (Å²) in [6.07, 6.45) is 2.34. The number of hydrogen-bond donors (Lipinski definition) is 5. The van der Waals surface area contributed by atoms with E-state index in [2.05, 4.69) is 41.9 Å². The number of hydrogen-bond acceptors (Lipinski definition) is 8. The van der Waals surface area contributed by atoms with Crippen molar-refractivity contribution in [1.82, 2.24) is 36.6 Å². The standard InChI is InChI=1S/C37H43FN8O5/c1-37(2,3)51-36(50)40-21-22-8-10-25(11-9-22)34(48)42-31(35(49)41-28-15-12-24(13-16-28)32-43-45-46-44-32)19-23-6-5-7-26(18-23)29-20-27(33(47)39-4)14-17-30(29)38/h5-7,12-18,20,22,25,31H,8-11,19,21H2,1-4H3,(H,39,47)(H,40,50)(H,41,49)(H,42,48)(H,43,44,45,46)/t22?,25?,31-/m0/s1. The van der Waals surface area contributed by atoms with Crippen molar-refractivity contribution < 1.29 is 28.3 Å². The number of carbonyl (C=O) groups excluding carboxylic acids is 4. The fourth-order valence-corrected chi connectivity index (χ4v) is 6.02. The Bertz CT molecular complexity index is 1830. The normalized spacial score (nSPS) is 16.4. The van der Waals surface area contributed by atoms with Crippen LogP contribution in [0.4, 0.5) is 14.9 Å². The molecule has 1 atom stereocenters. The summed E-state index contributed by atoms with van der Waals surface area (Å²) < 4.78 is 20.3. The van der Waals surface area contributed by atoms with Crippen molar-refractivity contribution in [2.75, 3.05) is 18.9 Å². The van der Waals surface area contributed by atoms with Crippen molar-refractivity contribution >= 4 is 29.5 Å². The van der Waals surface area contributed by atoms with Crippen LogP contribution < -0.4 is 21.3 Å². The lowest BCUT2D eigenvalue weighted by Gasteiger charge is -2.29. The van der Waals surface area contributed by atoms with Gasteiger partial charge in [0.15, 0.2) is 0 Å². The summed E-state index contributed by atoms with van der Waals surface area (Å²) in [4.78, 5) is 51.8. The predicted molar refractivity (Wildman–Crippen MR) is 189 cm³/mol. The molecule has 4 amide bonds. The summed E-state index contributed by atoms with van der Waals surface area (Å²) in [5.74, 6) is -1.19. The van der Waals surface area contributed by atoms with Gasteiger partial charge in [-0.1, -0.05) is 24.3 Å². The highest BCUT2D eigenvalue weighted by atomic mass is 19.1. The highest BCUT2D eigenvalue weighted by Crippen LogP contribution is 2.30. The van der Waals surface area contributed by atoms with E-state index < -0.39 is 29.5 Å². The van der Waals surface area contributed by atoms with Crippen LogP contribution >= 0.6 is 0 Å². The molecule has 51 heavy (non-hydrogen) atoms. The molecule has 1 aliphatic carbocycles. The molecule has 1 aliphatic rings. The van der Waals surface area contributed by atoms with Gasteiger partial charge in [0.05, 0.1) is 0 Å². The Morgan fingerprint density at radius 2 is 1.71 bits per heavy atom. The van der Waals surface area contributed by atoms with E-state index in [0.29, 0.717) is 53.2 Å². The third-order valence-corrected chi connectivity index (χ3v) is 8.67. The number of ether oxygens (including phenoxy) is 1. The second-order valence-corrected chi connectivity index (χ2v) is 13.6. The average molecular weight is 699 g/mol. The topological polar surface area (TPSA) is 180 Å². The number of nitrogens with zero attached hydrogens (tertiary/aromatic N) is 3. The molecule has 5 rings (SSSR count). The quantitative estimate of drug-likeness (QED) is 0.145. The molecular formula is C37H43FN8O5. The highest BCUT2D eigenvalue weighted by Gasteiger charge is 2.30. The first-order chi connectivity index (χ1) is 24.4. The van der Waals surface area contributed by atoms with Crippen LogP contribution in [0.5, 0.6) is 0 Å². The maximum absolute atomic E-state index is 15.0. The number of nitrogens with one attached hydrogen (secondary N) is 5. The summed E-state index contributed by atoms with van der Waals surface area (Å²) in [6, 6.07) is 17.1. The lowest BCUT2D eigenvalue weighted by Crippen LogP contribution is -2.48. The first-order valence-electron chi connectivity index (χ1n) is 16.9. The number of anilines is 1. The minimum atomic E-state index is -0.960. The number of H-pyrrole nitrogens is 1. The number of carbonyl (C=O) groups is 4. The van der Waals surface area contributed by atoms with E-state index in [0.717, 1.165) is 12.8 Å². The maximum atomic E-state index is 15.0. The van der Waals surface area contributed by atoms with Gasteiger partial charge in [-0.15, -0.1) is 10.2 Å². The molecule has 268 valence electrons. The summed E-state index contributed by atoms with van der Waals surface area (Å²) in [5.41, 5.74) is 2.38. The fourth-order valence-electron chi connectivity index (χ4n) is 6.02. The molecule has 5 N–H and O–H groups in total. The van der Waals surface area contributed by atoms with Crippen LogP contribution in [0.3, 0.4) is 0 Å². The number of alkyl carbamates (subject to hydrolysis) is 1. The fraction of sp³-hybridized carbons (Fsp3) is 0.378. The van der Waals surface area contributed by atoms with Gasteiger partial charge in [0.2, 0.25) is 17.6 Å². The van der Waals surface area contributed by atoms with Gasteiger partial charge in [-0.3, -0.25) is 14.4 Å². The van der Waals surface area contributed by atoms with Gasteiger partial charge in [-0.25, -0.2) is 9.18 Å². The number of tetrazole rings is 1. The van der Waals surface area contributed by atoms with Gasteiger partial charge in [0.25, 0.3) is 5.91 Å². The molecule has 0 radical (unpaired) electrons. The Labute approximate surface area is 295 Å². The van der Waals surface area contributed by atoms with E-state index in [1.165, 1.54) is 25.2 Å². The van der Waals surface area contributed by atoms with E-state index in [1.807, 2.05) is 20.8 Å². The van der Waals surface area contributed by atoms with E-state index in [9.17, 15) is 23.6 Å². The van der Waals surface area contributed by atoms with E-state index in [4.69, 9.17) is 4.74 Å². The molecule has 1 heterocycles. The first kappa shape index (κ1) is 36.6. The van der Waals surface area contributed by atoms with Gasteiger partial charge in [0.1, 0.15) is 17.5 Å². The predicted octanol–water partition coefficient (Wildman–Crippen LogP) is 5.03. The molecule has 0 saturated heterocycles. The van der Waals surface area contributed by atoms with Crippen molar-refractivity contribution in [1.29, 1.82) is 0 Å². The molecule has 14 heteroatoms. The molecular weight excluding hydrogens is 655 g/mol. The molecule has 3 aromatic carbocycles. The van der Waals surface area contributed by atoms with Crippen molar-refractivity contribution in [3.05, 3.63) is 83.7 Å². The summed E-state index contributed by atoms with van der Waals surface area (Å²) >= 11 is 0. The van der Waals surface area contributed by atoms with Crippen LogP contribution in [-0.2, 0) is 20.7 Å². The number of rotatable bonds is 11. The monoisotopic (exact) mass is 698 g/mol. The van der Waals surface area contributed by atoms with Gasteiger partial charge in [-0.2, -0.15) is 5.21 Å². The van der Waals surface area contributed by atoms with E-state index in [1.54, 1.807) is 48.5 Å². The minimum absolute atomic E-state index is 0.123. The minimum Gasteiger partial charge on any atom is -0.444 e. The number of aromatic nitrogens is 4. The van der Waals surface area contributed by atoms with Gasteiger partial charge >= 0.3 is 6.09 Å². The largest absolute Gasteiger partial charge is 0.444 e. The smallest absolute Gasteiger partial charge is 0.407 e. The van der Waals surface area contributed by atoms with Crippen LogP contribution in [0, 0.1) is 17.7 Å². The van der Waals surface area contributed by atoms with Crippen LogP contribution in [0.15, 0.2) is 66.7 Å². The van der Waals surface area contributed by atoms with Crippen LogP contribution in [0.25, 0.3) is 22.5 Å². The first-order valence-corrected chi connectivity index (χ1v) is 16.9. The summed E-state index contributed by atoms with van der Waals surface area (Å²) in [5, 5.41) is 25.2. The van der Waals surface area contributed by atoms with Gasteiger partial charge in [0, 0.05) is 48.3 Å². The summed E-state index contributed by atoms with van der Waals surface area (Å²) in [7, 11) is 1.50. The lowest BCUT2D eigenvalue weighted by molar-refractivity contribution is -0.130. The zero-order valence-corrected chi connectivity index (χ0v) is 29.1. The molecule has 0 unspecified atom stereocenters. The second kappa shape index (κ2) is 16.4. The van der Waals surface area contributed by atoms with Crippen molar-refractivity contribution in [3.8, 4) is 22.5 Å². The summed E-state index contributed by atoms with van der Waals surface area (Å²) in [6.45, 7) is 5.88. The number of benzene rings is 3. The van der Waals surface area contributed by atoms with Crippen LogP contribution in [0.1, 0.15) is 62.4 Å². The molecule has 4 aromatic rings. The average Bonchev–Trinajstić information content (AvgIpc) is 3.65. The van der Waals surface area contributed by atoms with Crippen molar-refractivity contribution in [2.45, 2.75) is 64.5 Å². The van der Waals surface area contributed by atoms with E-state index >= 15 is 0 Å². The zero-order valence-electron chi connectivity index (χ0n) is 29.1. The van der Waals surface area contributed by atoms with Gasteiger partial charge < -0.3 is 26.0 Å². The van der Waals surface area contributed by atoms with Crippen molar-refractivity contribution in [2.24, 2.45) is 11.8 Å². The molecule has 0 spiro atoms. The third kappa shape index (κ3) is 10.2. The number of aromatic amines is 1. The number of halogens is 1. The lowest BCUT2D eigenvalue weighted by atomic mass is 9.81. The molecule has 1 fully saturated rings. The molecule has 13 nitrogen and oxygen atoms in total. The molecule has 0 bridgehead atoms. The Hall–Kier alpha value is -5.66. The Balaban J connectivity index is 1.29. The second-order valence-electron chi connectivity index (χ2n) is 13.6. The zero-order chi connectivity index (χ0) is 36.5. The molecule has 1 saturated carbocycles.